The number of hydrazine groups is 1. The molecule has 0 saturated carbocycles. The van der Waals surface area contributed by atoms with Gasteiger partial charge >= 0.3 is 0 Å². The van der Waals surface area contributed by atoms with E-state index in [9.17, 15) is 4.39 Å². The molecule has 104 valence electrons. The molecule has 0 bridgehead atoms. The second kappa shape index (κ2) is 5.91. The molecule has 0 spiro atoms. The van der Waals surface area contributed by atoms with E-state index in [2.05, 4.69) is 38.9 Å². The fraction of sp³-hybridized carbons (Fsp3) is 0.143. The Hall–Kier alpha value is -0.790. The third kappa shape index (κ3) is 2.80. The summed E-state index contributed by atoms with van der Waals surface area (Å²) in [5.74, 6) is 5.44. The molecule has 2 heterocycles. The maximum Gasteiger partial charge on any atom is 0.137 e. The highest BCUT2D eigenvalue weighted by atomic mass is 79.9. The van der Waals surface area contributed by atoms with Crippen molar-refractivity contribution in [2.24, 2.45) is 5.84 Å². The van der Waals surface area contributed by atoms with Crippen molar-refractivity contribution in [3.63, 3.8) is 0 Å². The average molecular weight is 371 g/mol. The molecule has 2 nitrogen and oxygen atoms in total. The Morgan fingerprint density at radius 3 is 2.80 bits per heavy atom. The van der Waals surface area contributed by atoms with Crippen LogP contribution in [0.5, 0.6) is 0 Å². The minimum Gasteiger partial charge on any atom is -0.271 e. The minimum atomic E-state index is -0.248. The molecule has 3 aromatic rings. The first kappa shape index (κ1) is 14.2. The number of hydrogen-bond donors (Lipinski definition) is 2. The molecule has 6 heteroatoms. The normalized spacial score (nSPS) is 12.9. The van der Waals surface area contributed by atoms with Gasteiger partial charge in [-0.05, 0) is 57.6 Å². The predicted molar refractivity (Wildman–Crippen MR) is 87.6 cm³/mol. The smallest absolute Gasteiger partial charge is 0.137 e. The number of rotatable bonds is 4. The first-order valence-electron chi connectivity index (χ1n) is 6.04. The fourth-order valence-corrected chi connectivity index (χ4v) is 4.71. The molecule has 0 saturated heterocycles. The Morgan fingerprint density at radius 2 is 2.10 bits per heavy atom. The van der Waals surface area contributed by atoms with Gasteiger partial charge in [-0.25, -0.2) is 4.39 Å². The van der Waals surface area contributed by atoms with Crippen LogP contribution >= 0.6 is 38.6 Å². The lowest BCUT2D eigenvalue weighted by Gasteiger charge is -2.14. The first-order valence-corrected chi connectivity index (χ1v) is 8.53. The van der Waals surface area contributed by atoms with Gasteiger partial charge in [0, 0.05) is 14.3 Å². The average Bonchev–Trinajstić information content (AvgIpc) is 3.01. The number of nitrogens with two attached hydrogens (primary N) is 1. The summed E-state index contributed by atoms with van der Waals surface area (Å²) >= 11 is 6.69. The molecule has 2 aromatic heterocycles. The third-order valence-corrected chi connectivity index (χ3v) is 5.94. The lowest BCUT2D eigenvalue weighted by Crippen LogP contribution is -2.28. The van der Waals surface area contributed by atoms with Gasteiger partial charge in [-0.15, -0.1) is 22.7 Å². The van der Waals surface area contributed by atoms with Gasteiger partial charge in [-0.3, -0.25) is 11.3 Å². The van der Waals surface area contributed by atoms with E-state index in [4.69, 9.17) is 5.84 Å². The van der Waals surface area contributed by atoms with Gasteiger partial charge in [0.2, 0.25) is 0 Å². The molecule has 0 aliphatic carbocycles. The molecule has 20 heavy (non-hydrogen) atoms. The number of fused-ring (bicyclic) bond motifs is 1. The molecular weight excluding hydrogens is 359 g/mol. The highest BCUT2D eigenvalue weighted by molar-refractivity contribution is 9.10. The van der Waals surface area contributed by atoms with Gasteiger partial charge in [-0.1, -0.05) is 6.07 Å². The Morgan fingerprint density at radius 1 is 1.25 bits per heavy atom. The van der Waals surface area contributed by atoms with E-state index in [1.165, 1.54) is 20.3 Å². The number of hydrogen-bond acceptors (Lipinski definition) is 4. The molecule has 1 unspecified atom stereocenters. The van der Waals surface area contributed by atoms with E-state index in [0.717, 1.165) is 12.0 Å². The van der Waals surface area contributed by atoms with Crippen LogP contribution in [0.4, 0.5) is 4.39 Å². The summed E-state index contributed by atoms with van der Waals surface area (Å²) in [6, 6.07) is 9.40. The van der Waals surface area contributed by atoms with Gasteiger partial charge in [0.05, 0.1) is 10.5 Å². The van der Waals surface area contributed by atoms with Crippen molar-refractivity contribution in [1.82, 2.24) is 5.43 Å². The Bertz CT molecular complexity index is 709. The molecule has 3 N–H and O–H groups in total. The maximum absolute atomic E-state index is 13.3. The topological polar surface area (TPSA) is 38.0 Å². The summed E-state index contributed by atoms with van der Waals surface area (Å²) in [7, 11) is 0. The van der Waals surface area contributed by atoms with E-state index in [1.54, 1.807) is 34.8 Å². The van der Waals surface area contributed by atoms with Gasteiger partial charge in [-0.2, -0.15) is 0 Å². The highest BCUT2D eigenvalue weighted by Crippen LogP contribution is 2.34. The monoisotopic (exact) mass is 370 g/mol. The second-order valence-electron chi connectivity index (χ2n) is 4.47. The Labute approximate surface area is 132 Å². The number of nitrogens with one attached hydrogen (secondary N) is 1. The Kier molecular flexibility index (Phi) is 4.18. The van der Waals surface area contributed by atoms with Crippen molar-refractivity contribution < 1.29 is 4.39 Å². The number of halogens is 2. The highest BCUT2D eigenvalue weighted by Gasteiger charge is 2.15. The van der Waals surface area contributed by atoms with Crippen molar-refractivity contribution >= 4 is 48.0 Å². The molecule has 1 aromatic carbocycles. The van der Waals surface area contributed by atoms with Crippen molar-refractivity contribution in [1.29, 1.82) is 0 Å². The summed E-state index contributed by atoms with van der Waals surface area (Å²) in [6.45, 7) is 0. The number of thiophene rings is 2. The standard InChI is InChI=1S/C14H12BrFN2S2/c15-9-5-8(1-2-10(9)16)6-11(18-17)13-7-14-12(20-13)3-4-19-14/h1-5,7,11,18H,6,17H2. The van der Waals surface area contributed by atoms with Crippen LogP contribution < -0.4 is 11.3 Å². The van der Waals surface area contributed by atoms with Crippen LogP contribution in [0.25, 0.3) is 9.40 Å². The summed E-state index contributed by atoms with van der Waals surface area (Å²) in [5.41, 5.74) is 3.90. The van der Waals surface area contributed by atoms with Crippen LogP contribution in [-0.2, 0) is 6.42 Å². The van der Waals surface area contributed by atoms with Gasteiger partial charge in [0.15, 0.2) is 0 Å². The van der Waals surface area contributed by atoms with E-state index in [1.807, 2.05) is 0 Å². The van der Waals surface area contributed by atoms with E-state index >= 15 is 0 Å². The van der Waals surface area contributed by atoms with E-state index < -0.39 is 0 Å². The molecule has 3 rings (SSSR count). The molecule has 1 atom stereocenters. The molecule has 0 aliphatic rings. The summed E-state index contributed by atoms with van der Waals surface area (Å²) in [4.78, 5) is 1.20. The van der Waals surface area contributed by atoms with Crippen LogP contribution in [0.2, 0.25) is 0 Å². The zero-order chi connectivity index (χ0) is 14.1. The van der Waals surface area contributed by atoms with Crippen LogP contribution in [0.1, 0.15) is 16.5 Å². The van der Waals surface area contributed by atoms with Crippen molar-refractivity contribution in [3.05, 3.63) is 56.4 Å². The fourth-order valence-electron chi connectivity index (χ4n) is 2.10. The van der Waals surface area contributed by atoms with Crippen molar-refractivity contribution in [2.45, 2.75) is 12.5 Å². The van der Waals surface area contributed by atoms with E-state index in [0.29, 0.717) is 4.47 Å². The van der Waals surface area contributed by atoms with Crippen LogP contribution in [0, 0.1) is 5.82 Å². The van der Waals surface area contributed by atoms with E-state index in [-0.39, 0.29) is 11.9 Å². The number of benzene rings is 1. The Balaban J connectivity index is 1.86. The first-order chi connectivity index (χ1) is 9.67. The molecular formula is C14H12BrFN2S2. The van der Waals surface area contributed by atoms with Crippen LogP contribution in [0.3, 0.4) is 0 Å². The lowest BCUT2D eigenvalue weighted by atomic mass is 10.1. The third-order valence-electron chi connectivity index (χ3n) is 3.13. The SMILES string of the molecule is NNC(Cc1ccc(F)c(Br)c1)c1cc2sccc2s1. The zero-order valence-electron chi connectivity index (χ0n) is 10.4. The molecule has 0 aliphatic heterocycles. The molecule has 0 radical (unpaired) electrons. The maximum atomic E-state index is 13.3. The van der Waals surface area contributed by atoms with Crippen LogP contribution in [-0.4, -0.2) is 0 Å². The summed E-state index contributed by atoms with van der Waals surface area (Å²) < 4.78 is 16.3. The quantitative estimate of drug-likeness (QED) is 0.519. The van der Waals surface area contributed by atoms with Crippen molar-refractivity contribution in [3.8, 4) is 0 Å². The largest absolute Gasteiger partial charge is 0.271 e. The second-order valence-corrected chi connectivity index (χ2v) is 7.39. The lowest BCUT2D eigenvalue weighted by molar-refractivity contribution is 0.559. The van der Waals surface area contributed by atoms with Gasteiger partial charge in [0.1, 0.15) is 5.82 Å². The predicted octanol–water partition coefficient (Wildman–Crippen LogP) is 4.61. The molecule has 0 amide bonds. The van der Waals surface area contributed by atoms with Gasteiger partial charge < -0.3 is 0 Å². The minimum absolute atomic E-state index is 0.0389. The summed E-state index contributed by atoms with van der Waals surface area (Å²) in [6.07, 6.45) is 0.725. The van der Waals surface area contributed by atoms with Crippen molar-refractivity contribution in [2.75, 3.05) is 0 Å². The zero-order valence-corrected chi connectivity index (χ0v) is 13.6. The van der Waals surface area contributed by atoms with Gasteiger partial charge in [0.25, 0.3) is 0 Å². The summed E-state index contributed by atoms with van der Waals surface area (Å²) in [5, 5.41) is 2.09. The van der Waals surface area contributed by atoms with Crippen LogP contribution in [0.15, 0.2) is 40.2 Å². The molecule has 0 fully saturated rings.